The van der Waals surface area contributed by atoms with Gasteiger partial charge in [-0.15, -0.1) is 11.3 Å². The molecule has 0 fully saturated rings. The summed E-state index contributed by atoms with van der Waals surface area (Å²) in [4.78, 5) is 0. The van der Waals surface area contributed by atoms with Crippen LogP contribution in [0.3, 0.4) is 0 Å². The first-order valence-electron chi connectivity index (χ1n) is 21.4. The van der Waals surface area contributed by atoms with Crippen molar-refractivity contribution < 1.29 is 0 Å². The van der Waals surface area contributed by atoms with Crippen molar-refractivity contribution >= 4 is 53.1 Å². The fourth-order valence-corrected chi connectivity index (χ4v) is 13.0. The van der Waals surface area contributed by atoms with E-state index in [9.17, 15) is 0 Å². The lowest BCUT2D eigenvalue weighted by molar-refractivity contribution is 0.794. The minimum atomic E-state index is -0.469. The molecule has 0 nitrogen and oxygen atoms in total. The molecular weight excluding hydrogens is 753 g/mol. The topological polar surface area (TPSA) is 0 Å². The zero-order chi connectivity index (χ0) is 40.6. The van der Waals surface area contributed by atoms with Crippen molar-refractivity contribution in [1.29, 1.82) is 0 Å². The third-order valence-corrected chi connectivity index (χ3v) is 15.0. The molecule has 2 aliphatic rings. The normalized spacial score (nSPS) is 13.3. The number of thiophene rings is 1. The van der Waals surface area contributed by atoms with Gasteiger partial charge in [-0.2, -0.15) is 0 Å². The summed E-state index contributed by atoms with van der Waals surface area (Å²) < 4.78 is 2.72. The Morgan fingerprint density at radius 3 is 1.54 bits per heavy atom. The van der Waals surface area contributed by atoms with E-state index in [0.29, 0.717) is 0 Å². The van der Waals surface area contributed by atoms with Crippen molar-refractivity contribution in [2.24, 2.45) is 0 Å². The smallest absolute Gasteiger partial charge is 0.0726 e. The highest BCUT2D eigenvalue weighted by Crippen LogP contribution is 2.65. The molecule has 0 aliphatic heterocycles. The van der Waals surface area contributed by atoms with Crippen LogP contribution in [0.5, 0.6) is 0 Å². The summed E-state index contributed by atoms with van der Waals surface area (Å²) >= 11 is 1.96. The van der Waals surface area contributed by atoms with Crippen LogP contribution < -0.4 is 0 Å². The number of rotatable bonds is 3. The standard InChI is InChI=1S/C60H40S/c1-35-29-36(2)31-41(30-35)57-46-21-9-7-19-44(46)56(45-20-8-10-22-47(45)57)40-26-27-48-52(33-40)60(50-23-13-11-17-42(50)43-18-12-14-24-51(43)60)53-32-37(3)55-49-28-25-39(38-15-5-4-6-16-38)34-54(49)61-59(55)58(48)53/h4-34H,1-3H3. The maximum atomic E-state index is 2.58. The first-order valence-corrected chi connectivity index (χ1v) is 22.2. The molecule has 0 amide bonds. The number of fused-ring (bicyclic) bond motifs is 16. The van der Waals surface area contributed by atoms with Crippen LogP contribution in [0.15, 0.2) is 188 Å². The molecule has 61 heavy (non-hydrogen) atoms. The quantitative estimate of drug-likeness (QED) is 0.156. The Bertz CT molecular complexity index is 3550. The van der Waals surface area contributed by atoms with Crippen molar-refractivity contribution in [3.8, 4) is 55.6 Å². The van der Waals surface area contributed by atoms with Crippen LogP contribution in [-0.4, -0.2) is 0 Å². The first-order chi connectivity index (χ1) is 30.0. The Balaban J connectivity index is 1.14. The molecule has 0 radical (unpaired) electrons. The largest absolute Gasteiger partial charge is 0.134 e. The molecule has 0 saturated carbocycles. The first kappa shape index (κ1) is 34.8. The van der Waals surface area contributed by atoms with Gasteiger partial charge in [-0.05, 0) is 132 Å². The second-order valence-corrected chi connectivity index (χ2v) is 18.4. The Morgan fingerprint density at radius 1 is 0.344 bits per heavy atom. The predicted molar refractivity (Wildman–Crippen MR) is 261 cm³/mol. The molecule has 11 aromatic rings. The monoisotopic (exact) mass is 792 g/mol. The van der Waals surface area contributed by atoms with E-state index in [1.165, 1.54) is 136 Å². The van der Waals surface area contributed by atoms with Crippen molar-refractivity contribution in [2.45, 2.75) is 26.2 Å². The fraction of sp³-hybridized carbons (Fsp3) is 0.0667. The van der Waals surface area contributed by atoms with Crippen molar-refractivity contribution in [2.75, 3.05) is 0 Å². The van der Waals surface area contributed by atoms with Gasteiger partial charge in [0.25, 0.3) is 0 Å². The molecule has 0 N–H and O–H groups in total. The number of hydrogen-bond acceptors (Lipinski definition) is 1. The Kier molecular flexibility index (Phi) is 7.25. The summed E-state index contributed by atoms with van der Waals surface area (Å²) in [5, 5.41) is 7.85. The zero-order valence-corrected chi connectivity index (χ0v) is 35.1. The van der Waals surface area contributed by atoms with Gasteiger partial charge in [0.05, 0.1) is 5.41 Å². The van der Waals surface area contributed by atoms with Crippen LogP contribution in [0.4, 0.5) is 0 Å². The molecule has 1 spiro atoms. The molecule has 2 aliphatic carbocycles. The second kappa shape index (κ2) is 12.7. The predicted octanol–water partition coefficient (Wildman–Crippen LogP) is 16.6. The highest BCUT2D eigenvalue weighted by molar-refractivity contribution is 7.26. The van der Waals surface area contributed by atoms with Gasteiger partial charge in [-0.1, -0.05) is 187 Å². The van der Waals surface area contributed by atoms with Gasteiger partial charge in [-0.3, -0.25) is 0 Å². The molecule has 0 atom stereocenters. The molecule has 0 saturated heterocycles. The van der Waals surface area contributed by atoms with Crippen LogP contribution in [0.2, 0.25) is 0 Å². The van der Waals surface area contributed by atoms with Crippen molar-refractivity contribution in [3.63, 3.8) is 0 Å². The maximum Gasteiger partial charge on any atom is 0.0726 e. The van der Waals surface area contributed by atoms with Gasteiger partial charge < -0.3 is 0 Å². The van der Waals surface area contributed by atoms with Crippen LogP contribution in [0.1, 0.15) is 38.9 Å². The molecule has 1 heterocycles. The average Bonchev–Trinajstić information content (AvgIpc) is 3.92. The lowest BCUT2D eigenvalue weighted by Gasteiger charge is -2.31. The van der Waals surface area contributed by atoms with E-state index < -0.39 is 5.41 Å². The SMILES string of the molecule is Cc1cc(C)cc(-c2c3ccccc3c(-c3ccc4c(c3)C3(c5ccccc5-c5ccccc53)c3cc(C)c5c(sc6cc(-c7ccccc7)ccc65)c3-4)c3ccccc23)c1. The summed E-state index contributed by atoms with van der Waals surface area (Å²) in [5.41, 5.74) is 22.0. The molecule has 0 bridgehead atoms. The second-order valence-electron chi connectivity index (χ2n) is 17.3. The summed E-state index contributed by atoms with van der Waals surface area (Å²) in [5.74, 6) is 0. The minimum Gasteiger partial charge on any atom is -0.134 e. The molecule has 1 heteroatoms. The number of hydrogen-bond donors (Lipinski definition) is 0. The van der Waals surface area contributed by atoms with E-state index in [-0.39, 0.29) is 0 Å². The number of aryl methyl sites for hydroxylation is 3. The maximum absolute atomic E-state index is 2.58. The molecule has 0 unspecified atom stereocenters. The lowest BCUT2D eigenvalue weighted by atomic mass is 9.70. The fourth-order valence-electron chi connectivity index (χ4n) is 11.6. The molecule has 286 valence electrons. The van der Waals surface area contributed by atoms with Crippen LogP contribution in [-0.2, 0) is 5.41 Å². The van der Waals surface area contributed by atoms with E-state index in [1.807, 2.05) is 11.3 Å². The van der Waals surface area contributed by atoms with Gasteiger partial charge in [0.15, 0.2) is 0 Å². The summed E-state index contributed by atoms with van der Waals surface area (Å²) in [6.07, 6.45) is 0. The molecule has 13 rings (SSSR count). The van der Waals surface area contributed by atoms with Gasteiger partial charge in [0, 0.05) is 25.7 Å². The van der Waals surface area contributed by atoms with Gasteiger partial charge in [0.1, 0.15) is 0 Å². The van der Waals surface area contributed by atoms with Gasteiger partial charge >= 0.3 is 0 Å². The van der Waals surface area contributed by atoms with Crippen LogP contribution in [0.25, 0.3) is 97.4 Å². The summed E-state index contributed by atoms with van der Waals surface area (Å²) in [6, 6.07) is 71.5. The van der Waals surface area contributed by atoms with Crippen LogP contribution >= 0.6 is 11.3 Å². The zero-order valence-electron chi connectivity index (χ0n) is 34.3. The van der Waals surface area contributed by atoms with E-state index >= 15 is 0 Å². The summed E-state index contributed by atoms with van der Waals surface area (Å²) in [7, 11) is 0. The van der Waals surface area contributed by atoms with E-state index in [2.05, 4.69) is 209 Å². The van der Waals surface area contributed by atoms with Crippen molar-refractivity contribution in [3.05, 3.63) is 227 Å². The Morgan fingerprint density at radius 2 is 0.902 bits per heavy atom. The van der Waals surface area contributed by atoms with E-state index in [1.54, 1.807) is 0 Å². The van der Waals surface area contributed by atoms with Crippen LogP contribution in [0, 0.1) is 20.8 Å². The number of benzene rings is 10. The van der Waals surface area contributed by atoms with E-state index in [0.717, 1.165) is 0 Å². The Hall–Kier alpha value is -7.06. The average molecular weight is 793 g/mol. The Labute approximate surface area is 360 Å². The third kappa shape index (κ3) is 4.70. The highest BCUT2D eigenvalue weighted by Gasteiger charge is 2.52. The van der Waals surface area contributed by atoms with E-state index in [4.69, 9.17) is 0 Å². The minimum absolute atomic E-state index is 0.469. The van der Waals surface area contributed by atoms with Crippen molar-refractivity contribution in [1.82, 2.24) is 0 Å². The van der Waals surface area contributed by atoms with Gasteiger partial charge in [-0.25, -0.2) is 0 Å². The molecular formula is C60H40S. The third-order valence-electron chi connectivity index (χ3n) is 13.8. The lowest BCUT2D eigenvalue weighted by Crippen LogP contribution is -2.26. The highest BCUT2D eigenvalue weighted by atomic mass is 32.1. The molecule has 10 aromatic carbocycles. The summed E-state index contributed by atoms with van der Waals surface area (Å²) in [6.45, 7) is 6.76. The van der Waals surface area contributed by atoms with Gasteiger partial charge in [0.2, 0.25) is 0 Å². The molecule has 1 aromatic heterocycles.